The van der Waals surface area contributed by atoms with Gasteiger partial charge in [0.1, 0.15) is 0 Å². The van der Waals surface area contributed by atoms with Crippen LogP contribution in [0.1, 0.15) is 54.1 Å². The van der Waals surface area contributed by atoms with Crippen molar-refractivity contribution in [2.45, 2.75) is 50.1 Å². The first-order valence-corrected chi connectivity index (χ1v) is 7.67. The van der Waals surface area contributed by atoms with Crippen molar-refractivity contribution in [3.8, 4) is 0 Å². The van der Waals surface area contributed by atoms with Crippen molar-refractivity contribution in [3.05, 3.63) is 29.6 Å². The molecule has 1 N–H and O–H groups in total. The summed E-state index contributed by atoms with van der Waals surface area (Å²) >= 11 is 0. The smallest absolute Gasteiger partial charge is 0.254 e. The maximum Gasteiger partial charge on any atom is 0.254 e. The van der Waals surface area contributed by atoms with Gasteiger partial charge in [0.15, 0.2) is 0 Å². The standard InChI is InChI=1S/C16H20N2O2/c19-9-12-7-13-3-4-15(12)18(13)16(20)11-5-6-17-14(8-11)10-1-2-10/h5-6,8,10,12-13,15,19H,1-4,7,9H2. The van der Waals surface area contributed by atoms with Gasteiger partial charge in [0.2, 0.25) is 0 Å². The van der Waals surface area contributed by atoms with Crippen molar-refractivity contribution in [3.63, 3.8) is 0 Å². The van der Waals surface area contributed by atoms with Crippen LogP contribution in [0.15, 0.2) is 18.3 Å². The van der Waals surface area contributed by atoms with Crippen LogP contribution < -0.4 is 0 Å². The molecule has 0 spiro atoms. The number of fused-ring (bicyclic) bond motifs is 2. The number of aliphatic hydroxyl groups excluding tert-OH is 1. The molecule has 20 heavy (non-hydrogen) atoms. The summed E-state index contributed by atoms with van der Waals surface area (Å²) in [6.07, 6.45) is 7.27. The van der Waals surface area contributed by atoms with Crippen LogP contribution in [-0.4, -0.2) is 39.6 Å². The normalized spacial score (nSPS) is 31.9. The Morgan fingerprint density at radius 1 is 1.35 bits per heavy atom. The maximum atomic E-state index is 12.8. The van der Waals surface area contributed by atoms with E-state index in [0.29, 0.717) is 12.0 Å². The third-order valence-corrected chi connectivity index (χ3v) is 5.16. The topological polar surface area (TPSA) is 53.4 Å². The summed E-state index contributed by atoms with van der Waals surface area (Å²) in [4.78, 5) is 19.2. The summed E-state index contributed by atoms with van der Waals surface area (Å²) in [6.45, 7) is 0.203. The van der Waals surface area contributed by atoms with E-state index in [9.17, 15) is 9.90 Å². The molecule has 1 saturated carbocycles. The molecular weight excluding hydrogens is 252 g/mol. The van der Waals surface area contributed by atoms with Crippen LogP contribution >= 0.6 is 0 Å². The van der Waals surface area contributed by atoms with Crippen LogP contribution in [0.5, 0.6) is 0 Å². The average Bonchev–Trinajstić information content (AvgIpc) is 3.20. The number of carbonyl (C=O) groups excluding carboxylic acids is 1. The van der Waals surface area contributed by atoms with Gasteiger partial charge in [-0.1, -0.05) is 0 Å². The van der Waals surface area contributed by atoms with E-state index in [2.05, 4.69) is 4.98 Å². The molecule has 3 heterocycles. The molecule has 2 saturated heterocycles. The quantitative estimate of drug-likeness (QED) is 0.915. The van der Waals surface area contributed by atoms with Gasteiger partial charge in [0, 0.05) is 48.0 Å². The highest BCUT2D eigenvalue weighted by Gasteiger charge is 2.48. The number of carbonyl (C=O) groups is 1. The molecular formula is C16H20N2O2. The van der Waals surface area contributed by atoms with Gasteiger partial charge in [-0.15, -0.1) is 0 Å². The predicted molar refractivity (Wildman–Crippen MR) is 74.4 cm³/mol. The average molecular weight is 272 g/mol. The maximum absolute atomic E-state index is 12.8. The number of nitrogens with zero attached hydrogens (tertiary/aromatic N) is 2. The van der Waals surface area contributed by atoms with E-state index in [1.54, 1.807) is 6.20 Å². The van der Waals surface area contributed by atoms with Crippen molar-refractivity contribution >= 4 is 5.91 Å². The molecule has 3 aliphatic rings. The Labute approximate surface area is 118 Å². The fraction of sp³-hybridized carbons (Fsp3) is 0.625. The van der Waals surface area contributed by atoms with E-state index >= 15 is 0 Å². The number of pyridine rings is 1. The molecule has 0 aromatic carbocycles. The van der Waals surface area contributed by atoms with Crippen molar-refractivity contribution < 1.29 is 9.90 Å². The van der Waals surface area contributed by atoms with Crippen molar-refractivity contribution in [2.75, 3.05) is 6.61 Å². The first-order valence-electron chi connectivity index (χ1n) is 7.67. The molecule has 4 rings (SSSR count). The first kappa shape index (κ1) is 12.3. The number of amides is 1. The summed E-state index contributed by atoms with van der Waals surface area (Å²) in [5, 5.41) is 9.44. The van der Waals surface area contributed by atoms with E-state index in [4.69, 9.17) is 0 Å². The monoisotopic (exact) mass is 272 g/mol. The molecule has 4 nitrogen and oxygen atoms in total. The van der Waals surface area contributed by atoms with E-state index < -0.39 is 0 Å². The Bertz CT molecular complexity index is 541. The van der Waals surface area contributed by atoms with E-state index in [-0.39, 0.29) is 24.5 Å². The lowest BCUT2D eigenvalue weighted by atomic mass is 9.90. The van der Waals surface area contributed by atoms with Crippen LogP contribution in [-0.2, 0) is 0 Å². The van der Waals surface area contributed by atoms with Crippen LogP contribution in [0.4, 0.5) is 0 Å². The molecule has 1 aromatic heterocycles. The fourth-order valence-electron chi connectivity index (χ4n) is 3.96. The first-order chi connectivity index (χ1) is 9.78. The molecule has 106 valence electrons. The predicted octanol–water partition coefficient (Wildman–Crippen LogP) is 1.94. The molecule has 1 amide bonds. The second-order valence-electron chi connectivity index (χ2n) is 6.43. The number of hydrogen-bond acceptors (Lipinski definition) is 3. The molecule has 2 bridgehead atoms. The van der Waals surface area contributed by atoms with Gasteiger partial charge in [-0.3, -0.25) is 9.78 Å². The van der Waals surface area contributed by atoms with Crippen molar-refractivity contribution in [2.24, 2.45) is 5.92 Å². The largest absolute Gasteiger partial charge is 0.396 e. The molecule has 3 fully saturated rings. The van der Waals surface area contributed by atoms with E-state index in [0.717, 1.165) is 30.5 Å². The Balaban J connectivity index is 1.59. The van der Waals surface area contributed by atoms with Gasteiger partial charge in [-0.05, 0) is 44.2 Å². The van der Waals surface area contributed by atoms with Gasteiger partial charge < -0.3 is 10.0 Å². The Hall–Kier alpha value is -1.42. The summed E-state index contributed by atoms with van der Waals surface area (Å²) in [7, 11) is 0. The lowest BCUT2D eigenvalue weighted by molar-refractivity contribution is 0.0707. The zero-order valence-corrected chi connectivity index (χ0v) is 11.5. The number of hydrogen-bond donors (Lipinski definition) is 1. The van der Waals surface area contributed by atoms with Gasteiger partial charge in [-0.2, -0.15) is 0 Å². The third kappa shape index (κ3) is 1.85. The van der Waals surface area contributed by atoms with Gasteiger partial charge in [0.05, 0.1) is 0 Å². The number of aliphatic hydroxyl groups is 1. The van der Waals surface area contributed by atoms with E-state index in [1.807, 2.05) is 17.0 Å². The summed E-state index contributed by atoms with van der Waals surface area (Å²) in [5.74, 6) is 0.989. The molecule has 2 aliphatic heterocycles. The lowest BCUT2D eigenvalue weighted by Gasteiger charge is -2.24. The second-order valence-corrected chi connectivity index (χ2v) is 6.43. The highest BCUT2D eigenvalue weighted by Crippen LogP contribution is 2.43. The molecule has 0 radical (unpaired) electrons. The lowest BCUT2D eigenvalue weighted by Crippen LogP contribution is -2.37. The van der Waals surface area contributed by atoms with Gasteiger partial charge in [-0.25, -0.2) is 0 Å². The second kappa shape index (κ2) is 4.55. The number of rotatable bonds is 3. The minimum atomic E-state index is 0.137. The van der Waals surface area contributed by atoms with Crippen LogP contribution in [0.3, 0.4) is 0 Å². The minimum absolute atomic E-state index is 0.137. The Morgan fingerprint density at radius 2 is 2.20 bits per heavy atom. The van der Waals surface area contributed by atoms with Crippen LogP contribution in [0.25, 0.3) is 0 Å². The molecule has 3 atom stereocenters. The van der Waals surface area contributed by atoms with Crippen molar-refractivity contribution in [1.82, 2.24) is 9.88 Å². The molecule has 4 heteroatoms. The molecule has 1 aromatic rings. The highest BCUT2D eigenvalue weighted by atomic mass is 16.3. The highest BCUT2D eigenvalue weighted by molar-refractivity contribution is 5.95. The van der Waals surface area contributed by atoms with Gasteiger partial charge in [0.25, 0.3) is 5.91 Å². The van der Waals surface area contributed by atoms with Crippen molar-refractivity contribution in [1.29, 1.82) is 0 Å². The fourth-order valence-corrected chi connectivity index (χ4v) is 3.96. The third-order valence-electron chi connectivity index (χ3n) is 5.16. The Kier molecular flexibility index (Phi) is 2.81. The molecule has 3 unspecified atom stereocenters. The Morgan fingerprint density at radius 3 is 2.90 bits per heavy atom. The zero-order chi connectivity index (χ0) is 13.7. The molecule has 1 aliphatic carbocycles. The summed E-state index contributed by atoms with van der Waals surface area (Å²) < 4.78 is 0. The van der Waals surface area contributed by atoms with Crippen LogP contribution in [0.2, 0.25) is 0 Å². The number of aromatic nitrogens is 1. The zero-order valence-electron chi connectivity index (χ0n) is 11.5. The SMILES string of the molecule is O=C(c1ccnc(C2CC2)c1)N1C2CCC1C(CO)C2. The minimum Gasteiger partial charge on any atom is -0.396 e. The summed E-state index contributed by atoms with van der Waals surface area (Å²) in [5.41, 5.74) is 1.85. The van der Waals surface area contributed by atoms with Gasteiger partial charge >= 0.3 is 0 Å². The van der Waals surface area contributed by atoms with E-state index in [1.165, 1.54) is 12.8 Å². The summed E-state index contributed by atoms with van der Waals surface area (Å²) in [6, 6.07) is 4.39. The van der Waals surface area contributed by atoms with Crippen LogP contribution in [0, 0.1) is 5.92 Å².